The number of nitrogens with two attached hydrogens (primary N) is 1. The molecule has 0 unspecified atom stereocenters. The Kier molecular flexibility index (Phi) is 4.14. The number of aryl methyl sites for hydroxylation is 1. The van der Waals surface area contributed by atoms with Crippen molar-refractivity contribution < 1.29 is 4.39 Å². The minimum Gasteiger partial charge on any atom is -0.326 e. The van der Waals surface area contributed by atoms with Gasteiger partial charge in [0.15, 0.2) is 0 Å². The van der Waals surface area contributed by atoms with Crippen molar-refractivity contribution in [3.05, 3.63) is 41.5 Å². The van der Waals surface area contributed by atoms with Crippen LogP contribution in [0.3, 0.4) is 0 Å². The molecule has 1 aromatic carbocycles. The summed E-state index contributed by atoms with van der Waals surface area (Å²) in [5.74, 6) is 7.10. The maximum Gasteiger partial charge on any atom is 0.148 e. The van der Waals surface area contributed by atoms with Gasteiger partial charge in [-0.15, -0.1) is 0 Å². The van der Waals surface area contributed by atoms with Crippen molar-refractivity contribution in [1.29, 1.82) is 0 Å². The van der Waals surface area contributed by atoms with Crippen LogP contribution in [0, 0.1) is 19.7 Å². The van der Waals surface area contributed by atoms with Crippen LogP contribution in [0.4, 0.5) is 21.7 Å². The Morgan fingerprint density at radius 1 is 1.30 bits per heavy atom. The van der Waals surface area contributed by atoms with Crippen LogP contribution in [0.15, 0.2) is 24.3 Å². The molecule has 3 N–H and O–H groups in total. The van der Waals surface area contributed by atoms with E-state index in [9.17, 15) is 4.39 Å². The molecule has 0 atom stereocenters. The number of aromatic nitrogens is 2. The van der Waals surface area contributed by atoms with E-state index in [1.165, 1.54) is 12.1 Å². The number of nitrogen functional groups attached to an aromatic ring is 1. The number of halogens is 1. The van der Waals surface area contributed by atoms with E-state index in [1.54, 1.807) is 13.0 Å². The lowest BCUT2D eigenvalue weighted by atomic mass is 10.2. The molecule has 5 nitrogen and oxygen atoms in total. The number of benzene rings is 1. The monoisotopic (exact) mass is 275 g/mol. The molecular weight excluding hydrogens is 257 g/mol. The van der Waals surface area contributed by atoms with Crippen molar-refractivity contribution in [2.75, 3.05) is 16.9 Å². The first-order chi connectivity index (χ1) is 9.56. The molecule has 2 rings (SSSR count). The highest BCUT2D eigenvalue weighted by Crippen LogP contribution is 2.29. The van der Waals surface area contributed by atoms with Crippen molar-refractivity contribution in [1.82, 2.24) is 9.97 Å². The van der Waals surface area contributed by atoms with Crippen molar-refractivity contribution in [2.24, 2.45) is 5.84 Å². The van der Waals surface area contributed by atoms with Gasteiger partial charge in [-0.05, 0) is 39.0 Å². The summed E-state index contributed by atoms with van der Waals surface area (Å²) in [5.41, 5.74) is 4.14. The third-order valence-corrected chi connectivity index (χ3v) is 3.06. The Hall–Kier alpha value is -2.21. The standard InChI is InChI=1S/C14H18FN5/c1-4-20(12-7-5-6-11(15)8-12)14-9(2)13(19-16)17-10(3)18-14/h5-8H,4,16H2,1-3H3,(H,17,18,19). The molecule has 0 aliphatic heterocycles. The van der Waals surface area contributed by atoms with Gasteiger partial charge in [-0.2, -0.15) is 0 Å². The first-order valence-electron chi connectivity index (χ1n) is 6.41. The molecule has 0 fully saturated rings. The van der Waals surface area contributed by atoms with Crippen molar-refractivity contribution in [3.63, 3.8) is 0 Å². The second-order valence-electron chi connectivity index (χ2n) is 4.44. The van der Waals surface area contributed by atoms with Crippen molar-refractivity contribution in [2.45, 2.75) is 20.8 Å². The molecule has 1 heterocycles. The second kappa shape index (κ2) is 5.83. The van der Waals surface area contributed by atoms with Crippen LogP contribution in [0.25, 0.3) is 0 Å². The largest absolute Gasteiger partial charge is 0.326 e. The smallest absolute Gasteiger partial charge is 0.148 e. The molecule has 0 bridgehead atoms. The topological polar surface area (TPSA) is 67.1 Å². The summed E-state index contributed by atoms with van der Waals surface area (Å²) in [4.78, 5) is 10.6. The van der Waals surface area contributed by atoms with Gasteiger partial charge in [-0.25, -0.2) is 20.2 Å². The zero-order valence-electron chi connectivity index (χ0n) is 11.8. The van der Waals surface area contributed by atoms with E-state index >= 15 is 0 Å². The number of hydrogen-bond donors (Lipinski definition) is 2. The lowest BCUT2D eigenvalue weighted by Crippen LogP contribution is -2.21. The maximum atomic E-state index is 13.4. The second-order valence-corrected chi connectivity index (χ2v) is 4.44. The molecule has 0 radical (unpaired) electrons. The van der Waals surface area contributed by atoms with Crippen LogP contribution in [-0.2, 0) is 0 Å². The van der Waals surface area contributed by atoms with E-state index in [1.807, 2.05) is 24.8 Å². The molecule has 20 heavy (non-hydrogen) atoms. The fraction of sp³-hybridized carbons (Fsp3) is 0.286. The predicted molar refractivity (Wildman–Crippen MR) is 78.4 cm³/mol. The normalized spacial score (nSPS) is 10.4. The lowest BCUT2D eigenvalue weighted by molar-refractivity contribution is 0.627. The average Bonchev–Trinajstić information content (AvgIpc) is 2.43. The summed E-state index contributed by atoms with van der Waals surface area (Å²) >= 11 is 0. The third-order valence-electron chi connectivity index (χ3n) is 3.06. The molecule has 2 aromatic rings. The van der Waals surface area contributed by atoms with Gasteiger partial charge in [0, 0.05) is 17.8 Å². The van der Waals surface area contributed by atoms with Gasteiger partial charge in [-0.1, -0.05) is 6.07 Å². The van der Waals surface area contributed by atoms with Crippen molar-refractivity contribution >= 4 is 17.3 Å². The van der Waals surface area contributed by atoms with Crippen molar-refractivity contribution in [3.8, 4) is 0 Å². The third kappa shape index (κ3) is 2.70. The molecule has 0 aliphatic rings. The SMILES string of the molecule is CCN(c1cccc(F)c1)c1nc(C)nc(NN)c1C. The van der Waals surface area contributed by atoms with Gasteiger partial charge < -0.3 is 10.3 Å². The Bertz CT molecular complexity index is 615. The summed E-state index contributed by atoms with van der Waals surface area (Å²) in [7, 11) is 0. The summed E-state index contributed by atoms with van der Waals surface area (Å²) in [6, 6.07) is 6.43. The van der Waals surface area contributed by atoms with E-state index in [-0.39, 0.29) is 5.82 Å². The van der Waals surface area contributed by atoms with Gasteiger partial charge >= 0.3 is 0 Å². The number of nitrogens with zero attached hydrogens (tertiary/aromatic N) is 3. The van der Waals surface area contributed by atoms with Crippen LogP contribution in [0.5, 0.6) is 0 Å². The Morgan fingerprint density at radius 2 is 2.05 bits per heavy atom. The van der Waals surface area contributed by atoms with Gasteiger partial charge in [-0.3, -0.25) is 0 Å². The minimum atomic E-state index is -0.276. The molecular formula is C14H18FN5. The summed E-state index contributed by atoms with van der Waals surface area (Å²) in [5, 5.41) is 0. The van der Waals surface area contributed by atoms with Crippen LogP contribution >= 0.6 is 0 Å². The van der Waals surface area contributed by atoms with Crippen LogP contribution < -0.4 is 16.2 Å². The highest BCUT2D eigenvalue weighted by Gasteiger charge is 2.16. The summed E-state index contributed by atoms with van der Waals surface area (Å²) in [6.07, 6.45) is 0. The number of hydrazine groups is 1. The van der Waals surface area contributed by atoms with Crippen LogP contribution in [0.1, 0.15) is 18.3 Å². The number of nitrogens with one attached hydrogen (secondary N) is 1. The van der Waals surface area contributed by atoms with E-state index in [4.69, 9.17) is 5.84 Å². The molecule has 0 amide bonds. The first-order valence-corrected chi connectivity index (χ1v) is 6.41. The summed E-state index contributed by atoms with van der Waals surface area (Å²) in [6.45, 7) is 6.32. The summed E-state index contributed by atoms with van der Waals surface area (Å²) < 4.78 is 13.4. The molecule has 1 aromatic heterocycles. The average molecular weight is 275 g/mol. The van der Waals surface area contributed by atoms with E-state index < -0.39 is 0 Å². The number of anilines is 3. The fourth-order valence-corrected chi connectivity index (χ4v) is 2.12. The van der Waals surface area contributed by atoms with Crippen LogP contribution in [0.2, 0.25) is 0 Å². The highest BCUT2D eigenvalue weighted by molar-refractivity contribution is 5.67. The maximum absolute atomic E-state index is 13.4. The molecule has 0 spiro atoms. The molecule has 0 saturated heterocycles. The quantitative estimate of drug-likeness (QED) is 0.663. The number of rotatable bonds is 4. The molecule has 106 valence electrons. The molecule has 0 saturated carbocycles. The van der Waals surface area contributed by atoms with E-state index in [0.717, 1.165) is 17.1 Å². The lowest BCUT2D eigenvalue weighted by Gasteiger charge is -2.25. The number of hydrogen-bond acceptors (Lipinski definition) is 5. The van der Waals surface area contributed by atoms with Crippen LogP contribution in [-0.4, -0.2) is 16.5 Å². The Morgan fingerprint density at radius 3 is 2.65 bits per heavy atom. The minimum absolute atomic E-state index is 0.276. The van der Waals surface area contributed by atoms with Gasteiger partial charge in [0.2, 0.25) is 0 Å². The molecule has 0 aliphatic carbocycles. The van der Waals surface area contributed by atoms with Gasteiger partial charge in [0.25, 0.3) is 0 Å². The van der Waals surface area contributed by atoms with Gasteiger partial charge in [0.05, 0.1) is 0 Å². The first kappa shape index (κ1) is 14.2. The van der Waals surface area contributed by atoms with Gasteiger partial charge in [0.1, 0.15) is 23.3 Å². The van der Waals surface area contributed by atoms with E-state index in [2.05, 4.69) is 15.4 Å². The Balaban J connectivity index is 2.55. The fourth-order valence-electron chi connectivity index (χ4n) is 2.12. The van der Waals surface area contributed by atoms with E-state index in [0.29, 0.717) is 18.2 Å². The molecule has 6 heteroatoms. The Labute approximate surface area is 117 Å². The highest BCUT2D eigenvalue weighted by atomic mass is 19.1. The predicted octanol–water partition coefficient (Wildman–Crippen LogP) is 2.68. The zero-order chi connectivity index (χ0) is 14.7. The zero-order valence-corrected chi connectivity index (χ0v) is 11.8.